The van der Waals surface area contributed by atoms with Gasteiger partial charge in [-0.1, -0.05) is 20.3 Å². The molecule has 1 amide bonds. The number of rotatable bonds is 4. The van der Waals surface area contributed by atoms with Gasteiger partial charge in [-0.2, -0.15) is 0 Å². The fraction of sp³-hybridized carbons (Fsp3) is 0.833. The van der Waals surface area contributed by atoms with Crippen molar-refractivity contribution >= 4 is 12.1 Å². The molecule has 2 atom stereocenters. The molecule has 1 N–H and O–H groups in total. The summed E-state index contributed by atoms with van der Waals surface area (Å²) in [7, 11) is 1.46. The van der Waals surface area contributed by atoms with Crippen LogP contribution >= 0.6 is 0 Å². The molecule has 0 aliphatic rings. The monoisotopic (exact) mass is 245 g/mol. The summed E-state index contributed by atoms with van der Waals surface area (Å²) in [5.74, 6) is -1.13. The third-order valence-corrected chi connectivity index (χ3v) is 2.53. The summed E-state index contributed by atoms with van der Waals surface area (Å²) < 4.78 is 5.15. The fourth-order valence-corrected chi connectivity index (χ4v) is 1.46. The second kappa shape index (κ2) is 5.89. The first-order valence-electron chi connectivity index (χ1n) is 5.78. The first-order chi connectivity index (χ1) is 7.60. The molecule has 0 fully saturated rings. The van der Waals surface area contributed by atoms with Crippen molar-refractivity contribution in [2.75, 3.05) is 7.05 Å². The lowest BCUT2D eigenvalue weighted by molar-refractivity contribution is -0.144. The van der Waals surface area contributed by atoms with Crippen molar-refractivity contribution in [3.8, 4) is 0 Å². The largest absolute Gasteiger partial charge is 0.480 e. The van der Waals surface area contributed by atoms with Crippen LogP contribution in [-0.4, -0.2) is 40.8 Å². The molecule has 0 saturated carbocycles. The molecule has 0 aromatic rings. The minimum Gasteiger partial charge on any atom is -0.480 e. The maximum Gasteiger partial charge on any atom is 0.410 e. The van der Waals surface area contributed by atoms with Gasteiger partial charge >= 0.3 is 12.1 Å². The molecule has 17 heavy (non-hydrogen) atoms. The smallest absolute Gasteiger partial charge is 0.410 e. The van der Waals surface area contributed by atoms with E-state index in [1.807, 2.05) is 6.92 Å². The Kier molecular flexibility index (Phi) is 5.45. The number of carbonyl (C=O) groups excluding carboxylic acids is 1. The van der Waals surface area contributed by atoms with E-state index in [4.69, 9.17) is 9.84 Å². The lowest BCUT2D eigenvalue weighted by atomic mass is 9.98. The average molecular weight is 245 g/mol. The van der Waals surface area contributed by atoms with E-state index >= 15 is 0 Å². The van der Waals surface area contributed by atoms with Crippen LogP contribution in [0.25, 0.3) is 0 Å². The Morgan fingerprint density at radius 1 is 1.35 bits per heavy atom. The molecule has 0 aromatic heterocycles. The van der Waals surface area contributed by atoms with Crippen molar-refractivity contribution in [1.82, 2.24) is 4.90 Å². The van der Waals surface area contributed by atoms with Gasteiger partial charge in [0.25, 0.3) is 0 Å². The van der Waals surface area contributed by atoms with Crippen molar-refractivity contribution in [3.63, 3.8) is 0 Å². The van der Waals surface area contributed by atoms with E-state index in [0.29, 0.717) is 6.42 Å². The van der Waals surface area contributed by atoms with Gasteiger partial charge in [0.2, 0.25) is 0 Å². The van der Waals surface area contributed by atoms with E-state index in [9.17, 15) is 9.59 Å². The molecule has 0 radical (unpaired) electrons. The first-order valence-corrected chi connectivity index (χ1v) is 5.78. The topological polar surface area (TPSA) is 66.8 Å². The minimum absolute atomic E-state index is 0.120. The number of amides is 1. The highest BCUT2D eigenvalue weighted by molar-refractivity contribution is 5.80. The van der Waals surface area contributed by atoms with Crippen LogP contribution in [0.2, 0.25) is 0 Å². The molecule has 100 valence electrons. The van der Waals surface area contributed by atoms with Crippen LogP contribution in [0.4, 0.5) is 4.79 Å². The van der Waals surface area contributed by atoms with E-state index in [0.717, 1.165) is 4.90 Å². The van der Waals surface area contributed by atoms with Crippen LogP contribution in [0.5, 0.6) is 0 Å². The van der Waals surface area contributed by atoms with Gasteiger partial charge in [0, 0.05) is 7.05 Å². The van der Waals surface area contributed by atoms with E-state index in [1.165, 1.54) is 7.05 Å². The molecular weight excluding hydrogens is 222 g/mol. The van der Waals surface area contributed by atoms with Crippen molar-refractivity contribution in [2.45, 2.75) is 52.7 Å². The average Bonchev–Trinajstić information content (AvgIpc) is 2.14. The maximum atomic E-state index is 11.8. The second-order valence-electron chi connectivity index (χ2n) is 5.26. The highest BCUT2D eigenvalue weighted by Crippen LogP contribution is 2.17. The molecule has 0 aromatic carbocycles. The van der Waals surface area contributed by atoms with Crippen LogP contribution < -0.4 is 0 Å². The summed E-state index contributed by atoms with van der Waals surface area (Å²) in [4.78, 5) is 24.1. The van der Waals surface area contributed by atoms with E-state index < -0.39 is 23.7 Å². The summed E-state index contributed by atoms with van der Waals surface area (Å²) in [5, 5.41) is 9.14. The van der Waals surface area contributed by atoms with Gasteiger partial charge in [0.05, 0.1) is 0 Å². The Morgan fingerprint density at radius 2 is 1.82 bits per heavy atom. The highest BCUT2D eigenvalue weighted by atomic mass is 16.6. The Labute approximate surface area is 103 Å². The Morgan fingerprint density at radius 3 is 2.12 bits per heavy atom. The van der Waals surface area contributed by atoms with Gasteiger partial charge in [-0.15, -0.1) is 0 Å². The number of hydrogen-bond donors (Lipinski definition) is 1. The number of carboxylic acid groups (broad SMARTS) is 1. The predicted molar refractivity (Wildman–Crippen MR) is 64.9 cm³/mol. The number of likely N-dealkylation sites (N-methyl/N-ethyl adjacent to an activating group) is 1. The quantitative estimate of drug-likeness (QED) is 0.825. The lowest BCUT2D eigenvalue weighted by Gasteiger charge is -2.31. The van der Waals surface area contributed by atoms with E-state index in [2.05, 4.69) is 0 Å². The van der Waals surface area contributed by atoms with Crippen molar-refractivity contribution < 1.29 is 19.4 Å². The van der Waals surface area contributed by atoms with E-state index in [1.54, 1.807) is 27.7 Å². The summed E-state index contributed by atoms with van der Waals surface area (Å²) >= 11 is 0. The third kappa shape index (κ3) is 5.06. The molecule has 0 aliphatic carbocycles. The van der Waals surface area contributed by atoms with Crippen molar-refractivity contribution in [2.24, 2.45) is 5.92 Å². The summed E-state index contributed by atoms with van der Waals surface area (Å²) in [6.07, 6.45) is 0.0783. The Balaban J connectivity index is 4.79. The maximum absolute atomic E-state index is 11.8. The van der Waals surface area contributed by atoms with Gasteiger partial charge in [-0.05, 0) is 26.7 Å². The molecular formula is C12H23NO4. The van der Waals surface area contributed by atoms with Crippen molar-refractivity contribution in [3.05, 3.63) is 0 Å². The number of carboxylic acids is 1. The summed E-state index contributed by atoms with van der Waals surface area (Å²) in [6.45, 7) is 8.94. The SMILES string of the molecule is CCC(C)[C@H](C(=O)O)N(C)C(=O)OC(C)(C)C. The number of carbonyl (C=O) groups is 2. The van der Waals surface area contributed by atoms with Gasteiger partial charge in [0.15, 0.2) is 0 Å². The normalized spacial score (nSPS) is 14.9. The number of ether oxygens (including phenoxy) is 1. The minimum atomic E-state index is -1.01. The lowest BCUT2D eigenvalue weighted by Crippen LogP contribution is -2.48. The molecule has 1 unspecified atom stereocenters. The molecule has 0 saturated heterocycles. The van der Waals surface area contributed by atoms with Crippen LogP contribution in [0.3, 0.4) is 0 Å². The standard InChI is InChI=1S/C12H23NO4/c1-7-8(2)9(10(14)15)13(6)11(16)17-12(3,4)5/h8-9H,7H2,1-6H3,(H,14,15)/t8?,9-/m1/s1. The summed E-state index contributed by atoms with van der Waals surface area (Å²) in [6, 6.07) is -0.852. The molecule has 5 nitrogen and oxygen atoms in total. The molecule has 0 aliphatic heterocycles. The Bertz CT molecular complexity index is 283. The number of aliphatic carboxylic acids is 1. The zero-order valence-electron chi connectivity index (χ0n) is 11.5. The zero-order chi connectivity index (χ0) is 13.8. The Hall–Kier alpha value is -1.26. The fourth-order valence-electron chi connectivity index (χ4n) is 1.46. The van der Waals surface area contributed by atoms with Crippen LogP contribution in [-0.2, 0) is 9.53 Å². The van der Waals surface area contributed by atoms with Crippen LogP contribution in [0, 0.1) is 5.92 Å². The highest BCUT2D eigenvalue weighted by Gasteiger charge is 2.33. The zero-order valence-corrected chi connectivity index (χ0v) is 11.5. The van der Waals surface area contributed by atoms with Crippen LogP contribution in [0.15, 0.2) is 0 Å². The predicted octanol–water partition coefficient (Wildman–Crippen LogP) is 2.35. The number of hydrogen-bond acceptors (Lipinski definition) is 3. The van der Waals surface area contributed by atoms with Gasteiger partial charge in [-0.3, -0.25) is 4.90 Å². The van der Waals surface area contributed by atoms with Gasteiger partial charge in [0.1, 0.15) is 11.6 Å². The molecule has 0 heterocycles. The summed E-state index contributed by atoms with van der Waals surface area (Å²) in [5.41, 5.74) is -0.621. The van der Waals surface area contributed by atoms with Crippen LogP contribution in [0.1, 0.15) is 41.0 Å². The second-order valence-corrected chi connectivity index (χ2v) is 5.26. The molecule has 0 bridgehead atoms. The number of nitrogens with zero attached hydrogens (tertiary/aromatic N) is 1. The third-order valence-electron chi connectivity index (χ3n) is 2.53. The van der Waals surface area contributed by atoms with Crippen molar-refractivity contribution in [1.29, 1.82) is 0 Å². The van der Waals surface area contributed by atoms with E-state index in [-0.39, 0.29) is 5.92 Å². The molecule has 0 spiro atoms. The molecule has 0 rings (SSSR count). The van der Waals surface area contributed by atoms with Gasteiger partial charge < -0.3 is 9.84 Å². The van der Waals surface area contributed by atoms with Gasteiger partial charge in [-0.25, -0.2) is 9.59 Å². The molecule has 5 heteroatoms. The first kappa shape index (κ1) is 15.7.